The first-order valence-corrected chi connectivity index (χ1v) is 7.49. The number of carboxylic acids is 1. The van der Waals surface area contributed by atoms with E-state index >= 15 is 0 Å². The lowest BCUT2D eigenvalue weighted by molar-refractivity contribution is -0.138. The number of carbonyl (C=O) groups excluding carboxylic acids is 1. The average Bonchev–Trinajstić information content (AvgIpc) is 3.00. The van der Waals surface area contributed by atoms with Crippen LogP contribution in [0.25, 0.3) is 0 Å². The highest BCUT2D eigenvalue weighted by Crippen LogP contribution is 2.14. The number of hydrogen-bond donors (Lipinski definition) is 2. The molecule has 8 nitrogen and oxygen atoms in total. The van der Waals surface area contributed by atoms with Gasteiger partial charge in [-0.1, -0.05) is 24.3 Å². The lowest BCUT2D eigenvalue weighted by Gasteiger charge is -2.12. The molecule has 128 valence electrons. The number of rotatable bonds is 8. The smallest absolute Gasteiger partial charge is 0.325 e. The van der Waals surface area contributed by atoms with E-state index in [1.807, 2.05) is 31.2 Å². The van der Waals surface area contributed by atoms with Crippen LogP contribution >= 0.6 is 0 Å². The van der Waals surface area contributed by atoms with Gasteiger partial charge in [-0.25, -0.2) is 4.68 Å². The van der Waals surface area contributed by atoms with Crippen LogP contribution in [0.3, 0.4) is 0 Å². The van der Waals surface area contributed by atoms with Crippen LogP contribution in [0.2, 0.25) is 0 Å². The highest BCUT2D eigenvalue weighted by atomic mass is 16.5. The van der Waals surface area contributed by atoms with Gasteiger partial charge in [-0.3, -0.25) is 9.59 Å². The molecule has 0 fully saturated rings. The van der Waals surface area contributed by atoms with Crippen molar-refractivity contribution >= 4 is 11.9 Å². The molecule has 24 heavy (non-hydrogen) atoms. The summed E-state index contributed by atoms with van der Waals surface area (Å²) in [6.45, 7) is 1.81. The molecule has 1 unspecified atom stereocenters. The second-order valence-electron chi connectivity index (χ2n) is 5.47. The molecule has 0 aliphatic rings. The SMILES string of the molecule is COc1ccc(CC(C)C(=O)NCc2cn(CC(=O)O)nn2)cc1. The van der Waals surface area contributed by atoms with E-state index in [4.69, 9.17) is 9.84 Å². The monoisotopic (exact) mass is 332 g/mol. The van der Waals surface area contributed by atoms with Crippen LogP contribution in [-0.4, -0.2) is 39.1 Å². The summed E-state index contributed by atoms with van der Waals surface area (Å²) >= 11 is 0. The van der Waals surface area contributed by atoms with Crippen LogP contribution in [-0.2, 0) is 29.1 Å². The lowest BCUT2D eigenvalue weighted by Crippen LogP contribution is -2.30. The van der Waals surface area contributed by atoms with Crippen LogP contribution in [0.1, 0.15) is 18.2 Å². The van der Waals surface area contributed by atoms with Gasteiger partial charge in [0.15, 0.2) is 0 Å². The zero-order valence-electron chi connectivity index (χ0n) is 13.6. The Kier molecular flexibility index (Phi) is 5.89. The highest BCUT2D eigenvalue weighted by molar-refractivity contribution is 5.78. The third-order valence-electron chi connectivity index (χ3n) is 3.48. The molecule has 1 aromatic heterocycles. The minimum atomic E-state index is -0.997. The highest BCUT2D eigenvalue weighted by Gasteiger charge is 2.14. The molecule has 1 aromatic carbocycles. The fourth-order valence-corrected chi connectivity index (χ4v) is 2.20. The van der Waals surface area contributed by atoms with E-state index in [-0.39, 0.29) is 24.9 Å². The molecule has 1 atom stereocenters. The summed E-state index contributed by atoms with van der Waals surface area (Å²) in [7, 11) is 1.61. The van der Waals surface area contributed by atoms with Gasteiger partial charge in [-0.2, -0.15) is 0 Å². The van der Waals surface area contributed by atoms with E-state index in [1.54, 1.807) is 7.11 Å². The number of methoxy groups -OCH3 is 1. The van der Waals surface area contributed by atoms with Crippen molar-refractivity contribution in [3.8, 4) is 5.75 Å². The quantitative estimate of drug-likeness (QED) is 0.743. The molecule has 1 amide bonds. The van der Waals surface area contributed by atoms with Gasteiger partial charge in [0.25, 0.3) is 0 Å². The summed E-state index contributed by atoms with van der Waals surface area (Å²) in [5, 5.41) is 19.0. The number of aromatic nitrogens is 3. The number of hydrogen-bond acceptors (Lipinski definition) is 5. The van der Waals surface area contributed by atoms with Crippen molar-refractivity contribution in [3.63, 3.8) is 0 Å². The number of aliphatic carboxylic acids is 1. The molecule has 0 spiro atoms. The number of nitrogens with one attached hydrogen (secondary N) is 1. The van der Waals surface area contributed by atoms with Crippen molar-refractivity contribution in [2.45, 2.75) is 26.4 Å². The molecule has 0 bridgehead atoms. The predicted octanol–water partition coefficient (Wildman–Crippen LogP) is 0.866. The number of amides is 1. The van der Waals surface area contributed by atoms with Gasteiger partial charge < -0.3 is 15.2 Å². The Morgan fingerprint density at radius 2 is 2.04 bits per heavy atom. The lowest BCUT2D eigenvalue weighted by atomic mass is 10.0. The zero-order valence-corrected chi connectivity index (χ0v) is 13.6. The van der Waals surface area contributed by atoms with Gasteiger partial charge in [0, 0.05) is 5.92 Å². The summed E-state index contributed by atoms with van der Waals surface area (Å²) in [6.07, 6.45) is 2.12. The number of benzene rings is 1. The number of nitrogens with zero attached hydrogens (tertiary/aromatic N) is 3. The normalized spacial score (nSPS) is 11.8. The molecular weight excluding hydrogens is 312 g/mol. The van der Waals surface area contributed by atoms with Crippen LogP contribution < -0.4 is 10.1 Å². The maximum atomic E-state index is 12.1. The Labute approximate surface area is 139 Å². The van der Waals surface area contributed by atoms with Crippen molar-refractivity contribution in [1.82, 2.24) is 20.3 Å². The van der Waals surface area contributed by atoms with Gasteiger partial charge in [-0.05, 0) is 24.1 Å². The topological polar surface area (TPSA) is 106 Å². The van der Waals surface area contributed by atoms with Gasteiger partial charge in [0.2, 0.25) is 5.91 Å². The Hall–Kier alpha value is -2.90. The van der Waals surface area contributed by atoms with E-state index in [1.165, 1.54) is 10.9 Å². The first kappa shape index (κ1) is 17.5. The van der Waals surface area contributed by atoms with Crippen molar-refractivity contribution in [1.29, 1.82) is 0 Å². The summed E-state index contributed by atoms with van der Waals surface area (Å²) < 4.78 is 6.32. The second kappa shape index (κ2) is 8.09. The molecule has 1 heterocycles. The van der Waals surface area contributed by atoms with Crippen LogP contribution in [0.5, 0.6) is 5.75 Å². The predicted molar refractivity (Wildman–Crippen MR) is 85.4 cm³/mol. The van der Waals surface area contributed by atoms with Gasteiger partial charge in [-0.15, -0.1) is 5.10 Å². The number of carboxylic acid groups (broad SMARTS) is 1. The Morgan fingerprint density at radius 3 is 2.67 bits per heavy atom. The largest absolute Gasteiger partial charge is 0.497 e. The standard InChI is InChI=1S/C16H20N4O4/c1-11(7-12-3-5-14(24-2)6-4-12)16(23)17-8-13-9-20(19-18-13)10-15(21)22/h3-6,9,11H,7-8,10H2,1-2H3,(H,17,23)(H,21,22). The average molecular weight is 332 g/mol. The molecule has 0 aliphatic heterocycles. The number of carbonyl (C=O) groups is 2. The summed E-state index contributed by atoms with van der Waals surface area (Å²) in [5.74, 6) is -0.519. The third kappa shape index (κ3) is 5.08. The molecule has 0 radical (unpaired) electrons. The minimum absolute atomic E-state index is 0.0985. The molecule has 8 heteroatoms. The van der Waals surface area contributed by atoms with Crippen molar-refractivity contribution in [3.05, 3.63) is 41.7 Å². The fourth-order valence-electron chi connectivity index (χ4n) is 2.20. The van der Waals surface area contributed by atoms with Crippen molar-refractivity contribution in [2.75, 3.05) is 7.11 Å². The third-order valence-corrected chi connectivity index (χ3v) is 3.48. The molecular formula is C16H20N4O4. The van der Waals surface area contributed by atoms with Crippen molar-refractivity contribution in [2.24, 2.45) is 5.92 Å². The van der Waals surface area contributed by atoms with E-state index in [9.17, 15) is 9.59 Å². The molecule has 0 aliphatic carbocycles. The Morgan fingerprint density at radius 1 is 1.33 bits per heavy atom. The van der Waals surface area contributed by atoms with Gasteiger partial charge in [0.1, 0.15) is 18.0 Å². The minimum Gasteiger partial charge on any atom is -0.497 e. The van der Waals surface area contributed by atoms with E-state index in [0.717, 1.165) is 11.3 Å². The summed E-state index contributed by atoms with van der Waals surface area (Å²) in [5.41, 5.74) is 1.56. The Bertz CT molecular complexity index is 696. The van der Waals surface area contributed by atoms with Crippen LogP contribution in [0.4, 0.5) is 0 Å². The molecule has 2 rings (SSSR count). The summed E-state index contributed by atoms with van der Waals surface area (Å²) in [4.78, 5) is 22.7. The first-order chi connectivity index (χ1) is 11.5. The molecule has 2 aromatic rings. The summed E-state index contributed by atoms with van der Waals surface area (Å²) in [6, 6.07) is 7.58. The van der Waals surface area contributed by atoms with E-state index in [0.29, 0.717) is 12.1 Å². The zero-order chi connectivity index (χ0) is 17.5. The van der Waals surface area contributed by atoms with Gasteiger partial charge >= 0.3 is 5.97 Å². The maximum absolute atomic E-state index is 12.1. The molecule has 0 saturated heterocycles. The molecule has 0 saturated carbocycles. The van der Waals surface area contributed by atoms with E-state index < -0.39 is 5.97 Å². The Balaban J connectivity index is 1.82. The second-order valence-corrected chi connectivity index (χ2v) is 5.47. The van der Waals surface area contributed by atoms with E-state index in [2.05, 4.69) is 15.6 Å². The van der Waals surface area contributed by atoms with Crippen molar-refractivity contribution < 1.29 is 19.4 Å². The maximum Gasteiger partial charge on any atom is 0.325 e. The fraction of sp³-hybridized carbons (Fsp3) is 0.375. The number of ether oxygens (including phenoxy) is 1. The van der Waals surface area contributed by atoms with Crippen LogP contribution in [0.15, 0.2) is 30.5 Å². The molecule has 2 N–H and O–H groups in total. The first-order valence-electron chi connectivity index (χ1n) is 7.49. The van der Waals surface area contributed by atoms with Crippen LogP contribution in [0, 0.1) is 5.92 Å². The van der Waals surface area contributed by atoms with Gasteiger partial charge in [0.05, 0.1) is 19.9 Å².